The zero-order valence-corrected chi connectivity index (χ0v) is 18.0. The molecule has 0 unspecified atom stereocenters. The number of carbonyl (C=O) groups is 1. The average molecular weight is 429 g/mol. The van der Waals surface area contributed by atoms with E-state index in [2.05, 4.69) is 34.6 Å². The van der Waals surface area contributed by atoms with E-state index in [-0.39, 0.29) is 5.91 Å². The van der Waals surface area contributed by atoms with Crippen molar-refractivity contribution in [2.24, 2.45) is 0 Å². The number of anilines is 1. The van der Waals surface area contributed by atoms with Crippen molar-refractivity contribution in [3.8, 4) is 0 Å². The second-order valence-corrected chi connectivity index (χ2v) is 7.52. The molecule has 6 nitrogen and oxygen atoms in total. The summed E-state index contributed by atoms with van der Waals surface area (Å²) in [6, 6.07) is 6.37. The van der Waals surface area contributed by atoms with Gasteiger partial charge < -0.3 is 9.47 Å². The van der Waals surface area contributed by atoms with Crippen LogP contribution < -0.4 is 10.4 Å². The summed E-state index contributed by atoms with van der Waals surface area (Å²) >= 11 is 11.9. The van der Waals surface area contributed by atoms with Crippen LogP contribution in [0.5, 0.6) is 0 Å². The summed E-state index contributed by atoms with van der Waals surface area (Å²) in [4.78, 5) is 18.1. The maximum Gasteiger partial charge on any atom is 0.243 e. The molecule has 2 rings (SSSR count). The van der Waals surface area contributed by atoms with Crippen LogP contribution in [-0.4, -0.2) is 45.5 Å². The van der Waals surface area contributed by atoms with Crippen molar-refractivity contribution in [2.45, 2.75) is 52.0 Å². The van der Waals surface area contributed by atoms with E-state index in [0.29, 0.717) is 18.2 Å². The molecule has 0 saturated carbocycles. The molecule has 156 valence electrons. The summed E-state index contributed by atoms with van der Waals surface area (Å²) in [6.07, 6.45) is 5.11. The molecule has 0 aliphatic rings. The number of imidazole rings is 1. The highest BCUT2D eigenvalue weighted by molar-refractivity contribution is 6.18. The smallest absolute Gasteiger partial charge is 0.243 e. The van der Waals surface area contributed by atoms with Gasteiger partial charge in [0.05, 0.1) is 11.0 Å². The van der Waals surface area contributed by atoms with Crippen molar-refractivity contribution in [3.05, 3.63) is 24.0 Å². The number of hydrogen-bond donors (Lipinski definition) is 2. The van der Waals surface area contributed by atoms with Crippen molar-refractivity contribution < 1.29 is 10.0 Å². The first kappa shape index (κ1) is 22.8. The fourth-order valence-corrected chi connectivity index (χ4v) is 3.87. The molecule has 8 heteroatoms. The van der Waals surface area contributed by atoms with Gasteiger partial charge in [0.25, 0.3) is 0 Å². The molecule has 2 aromatic rings. The number of nitrogens with one attached hydrogen (secondary N) is 1. The van der Waals surface area contributed by atoms with Crippen LogP contribution in [0, 0.1) is 0 Å². The van der Waals surface area contributed by atoms with Crippen LogP contribution in [-0.2, 0) is 17.8 Å². The molecule has 0 fully saturated rings. The fourth-order valence-electron chi connectivity index (χ4n) is 3.46. The third kappa shape index (κ3) is 6.26. The summed E-state index contributed by atoms with van der Waals surface area (Å²) in [7, 11) is 0. The van der Waals surface area contributed by atoms with Crippen molar-refractivity contribution in [2.75, 3.05) is 29.7 Å². The highest BCUT2D eigenvalue weighted by Gasteiger charge is 2.12. The van der Waals surface area contributed by atoms with Gasteiger partial charge in [0.15, 0.2) is 0 Å². The zero-order chi connectivity index (χ0) is 20.4. The Kier molecular flexibility index (Phi) is 9.88. The van der Waals surface area contributed by atoms with Crippen LogP contribution in [0.1, 0.15) is 44.9 Å². The van der Waals surface area contributed by atoms with E-state index in [1.807, 2.05) is 0 Å². The minimum Gasteiger partial charge on any atom is -0.369 e. The molecule has 2 N–H and O–H groups in total. The number of hydroxylamine groups is 1. The molecule has 0 radical (unpaired) electrons. The van der Waals surface area contributed by atoms with E-state index >= 15 is 0 Å². The van der Waals surface area contributed by atoms with E-state index in [1.165, 1.54) is 0 Å². The van der Waals surface area contributed by atoms with Crippen LogP contribution in [0.15, 0.2) is 18.2 Å². The van der Waals surface area contributed by atoms with E-state index in [4.69, 9.17) is 33.4 Å². The summed E-state index contributed by atoms with van der Waals surface area (Å²) in [5.74, 6) is 1.90. The third-order valence-corrected chi connectivity index (χ3v) is 5.22. The number of halogens is 2. The summed E-state index contributed by atoms with van der Waals surface area (Å²) < 4.78 is 2.27. The molecular weight excluding hydrogens is 399 g/mol. The molecule has 0 saturated heterocycles. The number of unbranched alkanes of at least 4 members (excludes halogenated alkanes) is 3. The Morgan fingerprint density at radius 3 is 2.54 bits per heavy atom. The highest BCUT2D eigenvalue weighted by Crippen LogP contribution is 2.24. The Bertz CT molecular complexity index is 745. The van der Waals surface area contributed by atoms with Gasteiger partial charge in [0, 0.05) is 49.9 Å². The number of aryl methyl sites for hydroxylation is 2. The topological polar surface area (TPSA) is 70.4 Å². The van der Waals surface area contributed by atoms with E-state index in [0.717, 1.165) is 74.3 Å². The second-order valence-electron chi connectivity index (χ2n) is 6.76. The maximum absolute atomic E-state index is 11.0. The number of nitrogens with zero attached hydrogens (tertiary/aromatic N) is 3. The zero-order valence-electron chi connectivity index (χ0n) is 16.5. The van der Waals surface area contributed by atoms with Crippen LogP contribution in [0.25, 0.3) is 11.0 Å². The highest BCUT2D eigenvalue weighted by atomic mass is 35.5. The molecule has 0 atom stereocenters. The summed E-state index contributed by atoms with van der Waals surface area (Å²) in [5, 5.41) is 8.50. The van der Waals surface area contributed by atoms with E-state index in [9.17, 15) is 4.79 Å². The normalized spacial score (nSPS) is 11.1. The minimum absolute atomic E-state index is 0.319. The lowest BCUT2D eigenvalue weighted by molar-refractivity contribution is -0.129. The maximum atomic E-state index is 11.0. The standard InChI is InChI=1S/C20H30Cl2N4O2/c1-2-26-18-10-9-16(25(13-11-21)14-12-22)15-17(18)23-19(26)7-5-3-4-6-8-20(27)24-28/h9-10,15,28H,2-8,11-14H2,1H3,(H,24,27). The van der Waals surface area contributed by atoms with Gasteiger partial charge in [0.2, 0.25) is 5.91 Å². The van der Waals surface area contributed by atoms with Gasteiger partial charge in [-0.25, -0.2) is 10.5 Å². The monoisotopic (exact) mass is 428 g/mol. The van der Waals surface area contributed by atoms with Crippen LogP contribution in [0.2, 0.25) is 0 Å². The molecule has 1 heterocycles. The Morgan fingerprint density at radius 1 is 1.18 bits per heavy atom. The van der Waals surface area contributed by atoms with Crippen LogP contribution >= 0.6 is 23.2 Å². The average Bonchev–Trinajstić information content (AvgIpc) is 3.06. The number of aromatic nitrogens is 2. The number of carbonyl (C=O) groups excluding carboxylic acids is 1. The molecule has 0 spiro atoms. The van der Waals surface area contributed by atoms with Crippen molar-refractivity contribution in [1.29, 1.82) is 0 Å². The quantitative estimate of drug-likeness (QED) is 0.215. The van der Waals surface area contributed by atoms with E-state index < -0.39 is 0 Å². The van der Waals surface area contributed by atoms with Gasteiger partial charge in [-0.15, -0.1) is 23.2 Å². The number of alkyl halides is 2. The fraction of sp³-hybridized carbons (Fsp3) is 0.600. The van der Waals surface area contributed by atoms with Crippen LogP contribution in [0.3, 0.4) is 0 Å². The number of benzene rings is 1. The number of hydrogen-bond acceptors (Lipinski definition) is 4. The van der Waals surface area contributed by atoms with Crippen LogP contribution in [0.4, 0.5) is 5.69 Å². The predicted octanol–water partition coefficient (Wildman–Crippen LogP) is 4.34. The van der Waals surface area contributed by atoms with Gasteiger partial charge >= 0.3 is 0 Å². The Balaban J connectivity index is 2.02. The third-order valence-electron chi connectivity index (χ3n) is 4.88. The van der Waals surface area contributed by atoms with Gasteiger partial charge in [-0.05, 0) is 38.0 Å². The molecule has 28 heavy (non-hydrogen) atoms. The predicted molar refractivity (Wildman–Crippen MR) is 116 cm³/mol. The van der Waals surface area contributed by atoms with Gasteiger partial charge in [0.1, 0.15) is 5.82 Å². The number of amides is 1. The Hall–Kier alpha value is -1.50. The van der Waals surface area contributed by atoms with E-state index in [1.54, 1.807) is 5.48 Å². The number of rotatable bonds is 13. The molecule has 0 aliphatic carbocycles. The number of fused-ring (bicyclic) bond motifs is 1. The second kappa shape index (κ2) is 12.1. The van der Waals surface area contributed by atoms with Gasteiger partial charge in [-0.1, -0.05) is 12.8 Å². The van der Waals surface area contributed by atoms with Crippen molar-refractivity contribution >= 4 is 45.8 Å². The van der Waals surface area contributed by atoms with Crippen molar-refractivity contribution in [1.82, 2.24) is 15.0 Å². The minimum atomic E-state index is -0.319. The SMILES string of the molecule is CCn1c(CCCCCCC(=O)NO)nc2cc(N(CCCl)CCCl)ccc21. The molecule has 0 aliphatic heterocycles. The Labute approximate surface area is 176 Å². The molecule has 0 bridgehead atoms. The first-order chi connectivity index (χ1) is 13.6. The van der Waals surface area contributed by atoms with Gasteiger partial charge in [-0.2, -0.15) is 0 Å². The first-order valence-corrected chi connectivity index (χ1v) is 11.0. The largest absolute Gasteiger partial charge is 0.369 e. The first-order valence-electron chi connectivity index (χ1n) is 9.93. The molecular formula is C20H30Cl2N4O2. The lowest BCUT2D eigenvalue weighted by Crippen LogP contribution is -2.27. The summed E-state index contributed by atoms with van der Waals surface area (Å²) in [5.41, 5.74) is 4.92. The molecule has 1 amide bonds. The molecule has 1 aromatic heterocycles. The van der Waals surface area contributed by atoms with Gasteiger partial charge in [-0.3, -0.25) is 10.0 Å². The van der Waals surface area contributed by atoms with Crippen molar-refractivity contribution in [3.63, 3.8) is 0 Å². The summed E-state index contributed by atoms with van der Waals surface area (Å²) in [6.45, 7) is 4.54. The lowest BCUT2D eigenvalue weighted by Gasteiger charge is -2.22. The Morgan fingerprint density at radius 2 is 1.89 bits per heavy atom. The molecule has 1 aromatic carbocycles. The lowest BCUT2D eigenvalue weighted by atomic mass is 10.1.